The summed E-state index contributed by atoms with van der Waals surface area (Å²) in [5.74, 6) is -0.256. The first-order valence-corrected chi connectivity index (χ1v) is 6.31. The molecule has 0 saturated carbocycles. The van der Waals surface area contributed by atoms with Crippen molar-refractivity contribution >= 4 is 11.6 Å². The standard InChI is InChI=1S/C16H11FN2O2/c17-12-6-8-13(9-7-12)18-16(20)14-10-15(21-19-14)11-4-2-1-3-5-11/h1-10H,(H,18,20). The van der Waals surface area contributed by atoms with Gasteiger partial charge in [-0.05, 0) is 24.3 Å². The van der Waals surface area contributed by atoms with Gasteiger partial charge in [0.15, 0.2) is 11.5 Å². The van der Waals surface area contributed by atoms with Crippen LogP contribution in [0.25, 0.3) is 11.3 Å². The van der Waals surface area contributed by atoms with Crippen LogP contribution in [0, 0.1) is 5.82 Å². The molecule has 3 rings (SSSR count). The third-order valence-corrected chi connectivity index (χ3v) is 2.90. The molecule has 0 atom stereocenters. The van der Waals surface area contributed by atoms with Crippen LogP contribution in [0.4, 0.5) is 10.1 Å². The first-order chi connectivity index (χ1) is 10.2. The molecule has 2 aromatic carbocycles. The lowest BCUT2D eigenvalue weighted by atomic mass is 10.1. The van der Waals surface area contributed by atoms with Crippen molar-refractivity contribution < 1.29 is 13.7 Å². The fourth-order valence-electron chi connectivity index (χ4n) is 1.85. The molecule has 1 aromatic heterocycles. The van der Waals surface area contributed by atoms with Crippen molar-refractivity contribution in [3.63, 3.8) is 0 Å². The average Bonchev–Trinajstić information content (AvgIpc) is 3.00. The van der Waals surface area contributed by atoms with Crippen LogP contribution in [0.2, 0.25) is 0 Å². The average molecular weight is 282 g/mol. The third kappa shape index (κ3) is 2.97. The van der Waals surface area contributed by atoms with Gasteiger partial charge in [0.05, 0.1) is 0 Å². The molecule has 0 saturated heterocycles. The molecule has 21 heavy (non-hydrogen) atoms. The molecule has 0 fully saturated rings. The van der Waals surface area contributed by atoms with Gasteiger partial charge in [0.25, 0.3) is 5.91 Å². The van der Waals surface area contributed by atoms with Crippen molar-refractivity contribution in [2.75, 3.05) is 5.32 Å². The number of amides is 1. The first kappa shape index (κ1) is 13.1. The molecule has 0 bridgehead atoms. The number of nitrogens with zero attached hydrogens (tertiary/aromatic N) is 1. The molecule has 0 aliphatic carbocycles. The van der Waals surface area contributed by atoms with Gasteiger partial charge >= 0.3 is 0 Å². The number of carbonyl (C=O) groups excluding carboxylic acids is 1. The van der Waals surface area contributed by atoms with Crippen LogP contribution in [0.1, 0.15) is 10.5 Å². The van der Waals surface area contributed by atoms with Crippen molar-refractivity contribution in [2.24, 2.45) is 0 Å². The van der Waals surface area contributed by atoms with Gasteiger partial charge in [-0.15, -0.1) is 0 Å². The van der Waals surface area contributed by atoms with Crippen molar-refractivity contribution in [1.82, 2.24) is 5.16 Å². The van der Waals surface area contributed by atoms with E-state index in [0.717, 1.165) is 5.56 Å². The summed E-state index contributed by atoms with van der Waals surface area (Å²) in [6.45, 7) is 0. The van der Waals surface area contributed by atoms with Crippen LogP contribution >= 0.6 is 0 Å². The SMILES string of the molecule is O=C(Nc1ccc(F)cc1)c1cc(-c2ccccc2)on1. The summed E-state index contributed by atoms with van der Waals surface area (Å²) in [5, 5.41) is 6.37. The van der Waals surface area contributed by atoms with Crippen LogP contribution in [0.5, 0.6) is 0 Å². The highest BCUT2D eigenvalue weighted by molar-refractivity contribution is 6.03. The topological polar surface area (TPSA) is 55.1 Å². The van der Waals surface area contributed by atoms with Gasteiger partial charge in [0.1, 0.15) is 5.82 Å². The molecule has 5 heteroatoms. The fraction of sp³-hybridized carbons (Fsp3) is 0. The van der Waals surface area contributed by atoms with E-state index in [9.17, 15) is 9.18 Å². The normalized spacial score (nSPS) is 10.3. The number of hydrogen-bond donors (Lipinski definition) is 1. The minimum absolute atomic E-state index is 0.165. The summed E-state index contributed by atoms with van der Waals surface area (Å²) in [4.78, 5) is 12.0. The highest BCUT2D eigenvalue weighted by Crippen LogP contribution is 2.20. The molecule has 3 aromatic rings. The Labute approximate surface area is 120 Å². The van der Waals surface area contributed by atoms with E-state index in [4.69, 9.17) is 4.52 Å². The van der Waals surface area contributed by atoms with Gasteiger partial charge in [-0.25, -0.2) is 4.39 Å². The maximum atomic E-state index is 12.8. The van der Waals surface area contributed by atoms with E-state index < -0.39 is 5.91 Å². The monoisotopic (exact) mass is 282 g/mol. The summed E-state index contributed by atoms with van der Waals surface area (Å²) >= 11 is 0. The number of halogens is 1. The van der Waals surface area contributed by atoms with Gasteiger partial charge in [-0.3, -0.25) is 4.79 Å². The second-order valence-corrected chi connectivity index (χ2v) is 4.40. The number of hydrogen-bond acceptors (Lipinski definition) is 3. The minimum Gasteiger partial charge on any atom is -0.355 e. The van der Waals surface area contributed by atoms with E-state index in [1.807, 2.05) is 30.3 Å². The lowest BCUT2D eigenvalue weighted by molar-refractivity contribution is 0.101. The Kier molecular flexibility index (Phi) is 3.47. The quantitative estimate of drug-likeness (QED) is 0.796. The molecule has 1 amide bonds. The smallest absolute Gasteiger partial charge is 0.277 e. The van der Waals surface area contributed by atoms with Crippen molar-refractivity contribution in [3.05, 3.63) is 72.2 Å². The number of anilines is 1. The summed E-state index contributed by atoms with van der Waals surface area (Å²) in [7, 11) is 0. The largest absolute Gasteiger partial charge is 0.355 e. The maximum Gasteiger partial charge on any atom is 0.277 e. The predicted molar refractivity (Wildman–Crippen MR) is 76.3 cm³/mol. The van der Waals surface area contributed by atoms with Crippen LogP contribution in [0.3, 0.4) is 0 Å². The van der Waals surface area contributed by atoms with Crippen LogP contribution in [0.15, 0.2) is 65.2 Å². The molecule has 1 heterocycles. The molecule has 0 aliphatic rings. The Morgan fingerprint density at radius 2 is 1.76 bits per heavy atom. The number of benzene rings is 2. The van der Waals surface area contributed by atoms with Gasteiger partial charge in [0.2, 0.25) is 0 Å². The lowest BCUT2D eigenvalue weighted by Crippen LogP contribution is -2.12. The van der Waals surface area contributed by atoms with Gasteiger partial charge in [-0.2, -0.15) is 0 Å². The summed E-state index contributed by atoms with van der Waals surface area (Å²) in [6.07, 6.45) is 0. The molecular weight excluding hydrogens is 271 g/mol. The molecule has 0 unspecified atom stereocenters. The number of nitrogens with one attached hydrogen (secondary N) is 1. The van der Waals surface area contributed by atoms with E-state index in [1.165, 1.54) is 24.3 Å². The Bertz CT molecular complexity index is 751. The molecule has 104 valence electrons. The Hall–Kier alpha value is -2.95. The zero-order chi connectivity index (χ0) is 14.7. The van der Waals surface area contributed by atoms with Crippen molar-refractivity contribution in [3.8, 4) is 11.3 Å². The molecule has 1 N–H and O–H groups in total. The lowest BCUT2D eigenvalue weighted by Gasteiger charge is -2.01. The molecule has 0 aliphatic heterocycles. The van der Waals surface area contributed by atoms with E-state index in [1.54, 1.807) is 6.07 Å². The van der Waals surface area contributed by atoms with Crippen LogP contribution < -0.4 is 5.32 Å². The number of carbonyl (C=O) groups is 1. The third-order valence-electron chi connectivity index (χ3n) is 2.90. The van der Waals surface area contributed by atoms with Crippen LogP contribution in [-0.2, 0) is 0 Å². The molecular formula is C16H11FN2O2. The zero-order valence-corrected chi connectivity index (χ0v) is 10.9. The van der Waals surface area contributed by atoms with Crippen molar-refractivity contribution in [2.45, 2.75) is 0 Å². The van der Waals surface area contributed by atoms with Crippen molar-refractivity contribution in [1.29, 1.82) is 0 Å². The Balaban J connectivity index is 1.77. The van der Waals surface area contributed by atoms with E-state index in [0.29, 0.717) is 11.4 Å². The number of aromatic nitrogens is 1. The highest BCUT2D eigenvalue weighted by atomic mass is 19.1. The molecule has 0 spiro atoms. The van der Waals surface area contributed by atoms with E-state index >= 15 is 0 Å². The minimum atomic E-state index is -0.410. The maximum absolute atomic E-state index is 12.8. The zero-order valence-electron chi connectivity index (χ0n) is 10.9. The summed E-state index contributed by atoms with van der Waals surface area (Å²) in [6, 6.07) is 16.4. The fourth-order valence-corrected chi connectivity index (χ4v) is 1.85. The van der Waals surface area contributed by atoms with E-state index in [2.05, 4.69) is 10.5 Å². The van der Waals surface area contributed by atoms with Gasteiger partial charge in [-0.1, -0.05) is 35.5 Å². The summed E-state index contributed by atoms with van der Waals surface area (Å²) in [5.41, 5.74) is 1.50. The Morgan fingerprint density at radius 1 is 1.05 bits per heavy atom. The van der Waals surface area contributed by atoms with Gasteiger partial charge < -0.3 is 9.84 Å². The molecule has 0 radical (unpaired) electrons. The second kappa shape index (κ2) is 5.58. The Morgan fingerprint density at radius 3 is 2.48 bits per heavy atom. The van der Waals surface area contributed by atoms with Crippen LogP contribution in [-0.4, -0.2) is 11.1 Å². The predicted octanol–water partition coefficient (Wildman–Crippen LogP) is 3.73. The summed E-state index contributed by atoms with van der Waals surface area (Å²) < 4.78 is 18.0. The van der Waals surface area contributed by atoms with Gasteiger partial charge in [0, 0.05) is 17.3 Å². The first-order valence-electron chi connectivity index (χ1n) is 6.31. The second-order valence-electron chi connectivity index (χ2n) is 4.40. The highest BCUT2D eigenvalue weighted by Gasteiger charge is 2.13. The number of rotatable bonds is 3. The van der Waals surface area contributed by atoms with E-state index in [-0.39, 0.29) is 11.5 Å². The molecule has 4 nitrogen and oxygen atoms in total.